The van der Waals surface area contributed by atoms with Gasteiger partial charge in [-0.3, -0.25) is 4.99 Å². The molecule has 0 bridgehead atoms. The zero-order chi connectivity index (χ0) is 21.9. The molecule has 2 aromatic carbocycles. The summed E-state index contributed by atoms with van der Waals surface area (Å²) in [4.78, 5) is 16.6. The molecular formula is C26H33Cl3N6. The minimum atomic E-state index is 0. The molecule has 188 valence electrons. The zero-order valence-corrected chi connectivity index (χ0v) is 22.3. The summed E-state index contributed by atoms with van der Waals surface area (Å²) in [7, 11) is 0. The van der Waals surface area contributed by atoms with Crippen LogP contribution in [0.1, 0.15) is 42.6 Å². The van der Waals surface area contributed by atoms with Gasteiger partial charge in [0, 0.05) is 23.0 Å². The van der Waals surface area contributed by atoms with E-state index in [-0.39, 0.29) is 31.0 Å². The number of halogens is 3. The second kappa shape index (κ2) is 13.1. The molecule has 4 N–H and O–H groups in total. The van der Waals surface area contributed by atoms with E-state index in [9.17, 15) is 0 Å². The Morgan fingerprint density at radius 1 is 1.00 bits per heavy atom. The number of hydrogen-bond acceptors (Lipinski definition) is 6. The van der Waals surface area contributed by atoms with Gasteiger partial charge in [0.1, 0.15) is 5.82 Å². The first kappa shape index (κ1) is 28.9. The number of hydrogen-bond donors (Lipinski definition) is 2. The van der Waals surface area contributed by atoms with Gasteiger partial charge >= 0.3 is 0 Å². The number of benzene rings is 2. The van der Waals surface area contributed by atoms with Gasteiger partial charge in [-0.05, 0) is 55.7 Å². The molecule has 35 heavy (non-hydrogen) atoms. The number of aryl methyl sites for hydroxylation is 1. The zero-order valence-electron chi connectivity index (χ0n) is 19.9. The lowest BCUT2D eigenvalue weighted by molar-refractivity contribution is 0.244. The second-order valence-corrected chi connectivity index (χ2v) is 9.13. The smallest absolute Gasteiger partial charge is 0.154 e. The summed E-state index contributed by atoms with van der Waals surface area (Å²) in [5, 5.41) is 5.63. The summed E-state index contributed by atoms with van der Waals surface area (Å²) in [6.07, 6.45) is 10.9. The van der Waals surface area contributed by atoms with Crippen LogP contribution in [0, 0.1) is 6.92 Å². The van der Waals surface area contributed by atoms with Gasteiger partial charge in [0.05, 0.1) is 24.4 Å². The van der Waals surface area contributed by atoms with Crippen molar-refractivity contribution in [2.75, 3.05) is 18.4 Å². The van der Waals surface area contributed by atoms with Crippen LogP contribution in [0.4, 0.5) is 5.82 Å². The number of rotatable bonds is 5. The Balaban J connectivity index is 0.00000144. The highest BCUT2D eigenvalue weighted by molar-refractivity contribution is 6.30. The van der Waals surface area contributed by atoms with Crippen molar-refractivity contribution in [2.45, 2.75) is 44.7 Å². The van der Waals surface area contributed by atoms with E-state index in [2.05, 4.69) is 40.3 Å². The molecule has 1 saturated carbocycles. The number of aromatic nitrogens is 2. The van der Waals surface area contributed by atoms with Crippen molar-refractivity contribution in [1.29, 1.82) is 0 Å². The molecule has 2 aliphatic rings. The lowest BCUT2D eigenvalue weighted by atomic mass is 9.89. The van der Waals surface area contributed by atoms with Gasteiger partial charge in [0.15, 0.2) is 5.82 Å². The van der Waals surface area contributed by atoms with Gasteiger partial charge in [-0.1, -0.05) is 54.3 Å². The number of nitrogens with zero attached hydrogens (tertiary/aromatic N) is 4. The van der Waals surface area contributed by atoms with Gasteiger partial charge in [0.25, 0.3) is 0 Å². The van der Waals surface area contributed by atoms with E-state index in [0.29, 0.717) is 17.9 Å². The number of nitrogens with one attached hydrogen (secondary N) is 1. The molecule has 1 aromatic heterocycles. The van der Waals surface area contributed by atoms with Crippen molar-refractivity contribution in [3.63, 3.8) is 0 Å². The van der Waals surface area contributed by atoms with Crippen LogP contribution in [-0.4, -0.2) is 46.4 Å². The fourth-order valence-corrected chi connectivity index (χ4v) is 4.81. The third kappa shape index (κ3) is 6.85. The van der Waals surface area contributed by atoms with Crippen LogP contribution in [0.5, 0.6) is 0 Å². The van der Waals surface area contributed by atoms with E-state index in [4.69, 9.17) is 21.6 Å². The topological polar surface area (TPSA) is 88.4 Å². The predicted molar refractivity (Wildman–Crippen MR) is 154 cm³/mol. The molecule has 2 unspecified atom stereocenters. The van der Waals surface area contributed by atoms with Crippen LogP contribution < -0.4 is 11.5 Å². The highest BCUT2D eigenvalue weighted by Gasteiger charge is 2.30. The highest BCUT2D eigenvalue weighted by Crippen LogP contribution is 2.29. The summed E-state index contributed by atoms with van der Waals surface area (Å²) in [5.41, 5.74) is 3.23. The van der Waals surface area contributed by atoms with Crippen LogP contribution in [0.15, 0.2) is 47.5 Å². The van der Waals surface area contributed by atoms with Crippen molar-refractivity contribution in [3.05, 3.63) is 64.4 Å². The molecule has 5 rings (SSSR count). The Morgan fingerprint density at radius 2 is 1.77 bits per heavy atom. The molecule has 1 aliphatic heterocycles. The third-order valence-electron chi connectivity index (χ3n) is 6.36. The number of aliphatic imine (C=N–C) groups is 1. The van der Waals surface area contributed by atoms with E-state index in [1.165, 1.54) is 24.8 Å². The lowest BCUT2D eigenvalue weighted by Gasteiger charge is -2.38. The molecular weight excluding hydrogens is 503 g/mol. The Labute approximate surface area is 224 Å². The summed E-state index contributed by atoms with van der Waals surface area (Å²) in [6.45, 7) is 4.03. The van der Waals surface area contributed by atoms with Gasteiger partial charge in [-0.15, -0.1) is 24.8 Å². The van der Waals surface area contributed by atoms with Crippen LogP contribution in [0.3, 0.4) is 0 Å². The monoisotopic (exact) mass is 534 g/mol. The Hall–Kier alpha value is -2.38. The molecule has 2 heterocycles. The van der Waals surface area contributed by atoms with E-state index < -0.39 is 0 Å². The van der Waals surface area contributed by atoms with Crippen molar-refractivity contribution < 1.29 is 0 Å². The van der Waals surface area contributed by atoms with Gasteiger partial charge in [-0.25, -0.2) is 9.97 Å². The maximum Gasteiger partial charge on any atom is 0.154 e. The average molecular weight is 536 g/mol. The normalized spacial score (nSPS) is 19.2. The third-order valence-corrected chi connectivity index (χ3v) is 6.61. The molecule has 0 radical (unpaired) electrons. The SMILES string of the molecule is Cc1ccc2nc(C=Cc3ccc(Cl)cc3)nc(NC3CCCCC3N3C=NCC3)c2c1.Cl.Cl.N. The maximum atomic E-state index is 6.01. The molecule has 3 aromatic rings. The lowest BCUT2D eigenvalue weighted by Crippen LogP contribution is -2.47. The fourth-order valence-electron chi connectivity index (χ4n) is 4.69. The fraction of sp³-hybridized carbons (Fsp3) is 0.346. The minimum Gasteiger partial charge on any atom is -0.365 e. The number of fused-ring (bicyclic) bond motifs is 1. The van der Waals surface area contributed by atoms with Crippen molar-refractivity contribution in [3.8, 4) is 0 Å². The Kier molecular flexibility index (Phi) is 10.8. The Morgan fingerprint density at radius 3 is 2.51 bits per heavy atom. The van der Waals surface area contributed by atoms with E-state index >= 15 is 0 Å². The molecule has 0 amide bonds. The second-order valence-electron chi connectivity index (χ2n) is 8.70. The molecule has 9 heteroatoms. The molecule has 0 spiro atoms. The highest BCUT2D eigenvalue weighted by atomic mass is 35.5. The van der Waals surface area contributed by atoms with Crippen LogP contribution in [0.25, 0.3) is 23.1 Å². The van der Waals surface area contributed by atoms with Crippen LogP contribution in [-0.2, 0) is 0 Å². The first-order valence-corrected chi connectivity index (χ1v) is 11.8. The molecule has 2 atom stereocenters. The predicted octanol–water partition coefficient (Wildman–Crippen LogP) is 6.83. The molecule has 1 aliphatic carbocycles. The largest absolute Gasteiger partial charge is 0.365 e. The van der Waals surface area contributed by atoms with Crippen molar-refractivity contribution in [2.24, 2.45) is 4.99 Å². The number of anilines is 1. The maximum absolute atomic E-state index is 6.01. The quantitative estimate of drug-likeness (QED) is 0.373. The molecule has 1 fully saturated rings. The van der Waals surface area contributed by atoms with Gasteiger partial charge in [0.2, 0.25) is 0 Å². The van der Waals surface area contributed by atoms with Crippen LogP contribution >= 0.6 is 36.4 Å². The standard InChI is InChI=1S/C26H28ClN5.2ClH.H3N/c1-18-6-12-22-21(16-18)26(30-23-4-2-3-5-24(23)32-15-14-28-17-32)31-25(29-22)13-9-19-7-10-20(27)11-8-19;;;/h6-13,16-17,23-24H,2-5,14-15H2,1H3,(H,29,30,31);2*1H;1H3. The molecule has 0 saturated heterocycles. The summed E-state index contributed by atoms with van der Waals surface area (Å²) < 4.78 is 0. The molecule has 6 nitrogen and oxygen atoms in total. The summed E-state index contributed by atoms with van der Waals surface area (Å²) in [6, 6.07) is 14.9. The average Bonchev–Trinajstić information content (AvgIpc) is 3.34. The van der Waals surface area contributed by atoms with E-state index in [1.54, 1.807) is 0 Å². The summed E-state index contributed by atoms with van der Waals surface area (Å²) >= 11 is 6.01. The van der Waals surface area contributed by atoms with Crippen molar-refractivity contribution in [1.82, 2.24) is 21.0 Å². The minimum absolute atomic E-state index is 0. The van der Waals surface area contributed by atoms with E-state index in [0.717, 1.165) is 46.8 Å². The van der Waals surface area contributed by atoms with Crippen LogP contribution in [0.2, 0.25) is 5.02 Å². The van der Waals surface area contributed by atoms with Gasteiger partial charge < -0.3 is 16.4 Å². The van der Waals surface area contributed by atoms with Crippen molar-refractivity contribution >= 4 is 71.6 Å². The summed E-state index contributed by atoms with van der Waals surface area (Å²) in [5.74, 6) is 1.62. The first-order valence-electron chi connectivity index (χ1n) is 11.4. The Bertz CT molecular complexity index is 1170. The van der Waals surface area contributed by atoms with Gasteiger partial charge in [-0.2, -0.15) is 0 Å². The first-order chi connectivity index (χ1) is 15.7. The van der Waals surface area contributed by atoms with E-state index in [1.807, 2.05) is 42.8 Å².